The number of allylic oxidation sites excluding steroid dienone is 5. The molecule has 0 bridgehead atoms. The number of carbonyl (C=O) groups is 1. The van der Waals surface area contributed by atoms with E-state index in [0.29, 0.717) is 17.4 Å². The Kier molecular flexibility index (Phi) is 50.7. The molecule has 0 aliphatic rings. The molecule has 0 saturated heterocycles. The minimum absolute atomic E-state index is 0.0570. The highest BCUT2D eigenvalue weighted by atomic mass is 31.2. The number of likely N-dealkylation sites (N-methyl/N-ethyl adjacent to an activating group) is 1. The van der Waals surface area contributed by atoms with Gasteiger partial charge in [-0.15, -0.1) is 0 Å². The molecule has 8 nitrogen and oxygen atoms in total. The molecule has 0 fully saturated rings. The standard InChI is InChI=1S/C60H117N2O6P/c1-6-8-10-12-14-16-18-19-20-21-22-23-24-25-26-27-28-29-30-31-32-33-34-35-36-37-38-39-40-41-42-43-44-46-48-50-52-54-60(64)61-58(57-68-69(65,66)67-56-55-62(3,4)5)59(63)53-51-49-47-45-17-15-13-11-9-7-2/h17,29-30,45,51,53,58-59,63H,6-16,18-28,31-44,46-50,52,54-57H2,1-5H3,(H-,61,64,65,66)/p+1/b30-29-,45-17+,53-51+. The van der Waals surface area contributed by atoms with Crippen molar-refractivity contribution in [3.8, 4) is 0 Å². The summed E-state index contributed by atoms with van der Waals surface area (Å²) in [6.07, 6.45) is 67.3. The van der Waals surface area contributed by atoms with Gasteiger partial charge in [-0.2, -0.15) is 0 Å². The van der Waals surface area contributed by atoms with E-state index in [2.05, 4.69) is 43.5 Å². The minimum Gasteiger partial charge on any atom is -0.387 e. The molecule has 0 aromatic heterocycles. The van der Waals surface area contributed by atoms with Gasteiger partial charge in [0.05, 0.1) is 39.9 Å². The molecule has 0 spiro atoms. The second-order valence-electron chi connectivity index (χ2n) is 21.7. The predicted molar refractivity (Wildman–Crippen MR) is 300 cm³/mol. The summed E-state index contributed by atoms with van der Waals surface area (Å²) in [6, 6.07) is -0.860. The van der Waals surface area contributed by atoms with E-state index in [4.69, 9.17) is 9.05 Å². The van der Waals surface area contributed by atoms with E-state index in [-0.39, 0.29) is 19.1 Å². The van der Waals surface area contributed by atoms with E-state index in [0.717, 1.165) is 38.5 Å². The molecule has 69 heavy (non-hydrogen) atoms. The van der Waals surface area contributed by atoms with Gasteiger partial charge in [0.1, 0.15) is 13.2 Å². The average Bonchev–Trinajstić information content (AvgIpc) is 3.31. The number of hydrogen-bond donors (Lipinski definition) is 3. The van der Waals surface area contributed by atoms with Crippen LogP contribution in [0.4, 0.5) is 0 Å². The molecule has 0 radical (unpaired) electrons. The Morgan fingerprint density at radius 1 is 0.478 bits per heavy atom. The molecule has 0 rings (SSSR count). The molecule has 3 atom stereocenters. The highest BCUT2D eigenvalue weighted by Crippen LogP contribution is 2.43. The van der Waals surface area contributed by atoms with E-state index in [1.807, 2.05) is 27.2 Å². The number of carbonyl (C=O) groups excluding carboxylic acids is 1. The second kappa shape index (κ2) is 51.6. The summed E-state index contributed by atoms with van der Waals surface area (Å²) in [5, 5.41) is 13.8. The lowest BCUT2D eigenvalue weighted by molar-refractivity contribution is -0.870. The van der Waals surface area contributed by atoms with Crippen LogP contribution in [0.5, 0.6) is 0 Å². The molecule has 0 aliphatic heterocycles. The predicted octanol–water partition coefficient (Wildman–Crippen LogP) is 18.2. The molecule has 1 amide bonds. The fourth-order valence-electron chi connectivity index (χ4n) is 8.88. The molecule has 9 heteroatoms. The van der Waals surface area contributed by atoms with E-state index < -0.39 is 20.0 Å². The first-order valence-corrected chi connectivity index (χ1v) is 31.4. The maximum Gasteiger partial charge on any atom is 0.472 e. The zero-order valence-electron chi connectivity index (χ0n) is 46.6. The van der Waals surface area contributed by atoms with E-state index in [1.165, 1.54) is 231 Å². The van der Waals surface area contributed by atoms with Crippen molar-refractivity contribution in [2.24, 2.45) is 0 Å². The van der Waals surface area contributed by atoms with Crippen LogP contribution in [0.15, 0.2) is 36.5 Å². The van der Waals surface area contributed by atoms with Crippen molar-refractivity contribution in [1.29, 1.82) is 0 Å². The summed E-state index contributed by atoms with van der Waals surface area (Å²) in [4.78, 5) is 23.2. The van der Waals surface area contributed by atoms with E-state index in [1.54, 1.807) is 6.08 Å². The van der Waals surface area contributed by atoms with Crippen molar-refractivity contribution in [2.75, 3.05) is 40.9 Å². The number of phosphoric ester groups is 1. The Hall–Kier alpha value is -1.28. The van der Waals surface area contributed by atoms with Crippen LogP contribution >= 0.6 is 7.82 Å². The largest absolute Gasteiger partial charge is 0.472 e. The Morgan fingerprint density at radius 3 is 1.17 bits per heavy atom. The Bertz CT molecular complexity index is 1220. The maximum absolute atomic E-state index is 12.9. The molecule has 0 aromatic rings. The van der Waals surface area contributed by atoms with Crippen LogP contribution in [0.1, 0.15) is 290 Å². The lowest BCUT2D eigenvalue weighted by Gasteiger charge is -2.25. The van der Waals surface area contributed by atoms with Crippen LogP contribution in [0.25, 0.3) is 0 Å². The smallest absolute Gasteiger partial charge is 0.387 e. The van der Waals surface area contributed by atoms with Crippen LogP contribution in [-0.2, 0) is 18.4 Å². The Morgan fingerprint density at radius 2 is 0.797 bits per heavy atom. The van der Waals surface area contributed by atoms with Crippen LogP contribution < -0.4 is 5.32 Å². The number of phosphoric acid groups is 1. The zero-order chi connectivity index (χ0) is 50.6. The fraction of sp³-hybridized carbons (Fsp3) is 0.883. The molecule has 3 N–H and O–H groups in total. The van der Waals surface area contributed by atoms with Crippen LogP contribution in [0.3, 0.4) is 0 Å². The van der Waals surface area contributed by atoms with Gasteiger partial charge >= 0.3 is 7.82 Å². The third-order valence-electron chi connectivity index (χ3n) is 13.6. The van der Waals surface area contributed by atoms with Gasteiger partial charge in [-0.3, -0.25) is 13.8 Å². The number of nitrogens with zero attached hydrogens (tertiary/aromatic N) is 1. The first kappa shape index (κ1) is 67.7. The highest BCUT2D eigenvalue weighted by molar-refractivity contribution is 7.47. The summed E-state index contributed by atoms with van der Waals surface area (Å²) >= 11 is 0. The highest BCUT2D eigenvalue weighted by Gasteiger charge is 2.27. The van der Waals surface area contributed by atoms with Gasteiger partial charge in [0.2, 0.25) is 5.91 Å². The number of quaternary nitrogens is 1. The van der Waals surface area contributed by atoms with Crippen LogP contribution in [0.2, 0.25) is 0 Å². The molecule has 0 heterocycles. The molecule has 408 valence electrons. The summed E-state index contributed by atoms with van der Waals surface area (Å²) in [5.74, 6) is -0.185. The van der Waals surface area contributed by atoms with Gasteiger partial charge in [-0.25, -0.2) is 4.57 Å². The van der Waals surface area contributed by atoms with E-state index >= 15 is 0 Å². The first-order valence-electron chi connectivity index (χ1n) is 29.9. The van der Waals surface area contributed by atoms with Gasteiger partial charge in [-0.05, 0) is 57.8 Å². The quantitative estimate of drug-likeness (QED) is 0.0243. The molecular weight excluding hydrogens is 876 g/mol. The number of nitrogens with one attached hydrogen (secondary N) is 1. The van der Waals surface area contributed by atoms with Crippen molar-refractivity contribution in [2.45, 2.75) is 302 Å². The number of rotatable bonds is 55. The SMILES string of the molecule is CCCCCC/C=C/CC/C=C/C(O)C(COP(=O)(O)OCC[N+](C)(C)C)NC(=O)CCCCCCCCCCCCCCCCCCC/C=C\CCCCCCCCCCCCCCCCCC. The van der Waals surface area contributed by atoms with Gasteiger partial charge in [0.25, 0.3) is 0 Å². The topological polar surface area (TPSA) is 105 Å². The third-order valence-corrected chi connectivity index (χ3v) is 14.6. The van der Waals surface area contributed by atoms with Crippen LogP contribution in [0, 0.1) is 0 Å². The summed E-state index contributed by atoms with van der Waals surface area (Å²) in [5.41, 5.74) is 0. The second-order valence-corrected chi connectivity index (χ2v) is 23.2. The normalized spacial score (nSPS) is 14.1. The summed E-state index contributed by atoms with van der Waals surface area (Å²) < 4.78 is 23.6. The summed E-state index contributed by atoms with van der Waals surface area (Å²) in [6.45, 7) is 4.78. The molecular formula is C60H118N2O6P+. The van der Waals surface area contributed by atoms with Crippen molar-refractivity contribution in [3.05, 3.63) is 36.5 Å². The Balaban J connectivity index is 3.86. The zero-order valence-corrected chi connectivity index (χ0v) is 47.5. The van der Waals surface area contributed by atoms with Gasteiger partial charge in [-0.1, -0.05) is 262 Å². The minimum atomic E-state index is -4.34. The van der Waals surface area contributed by atoms with Gasteiger partial charge < -0.3 is 19.8 Å². The van der Waals surface area contributed by atoms with Crippen molar-refractivity contribution >= 4 is 13.7 Å². The molecule has 3 unspecified atom stereocenters. The van der Waals surface area contributed by atoms with Crippen molar-refractivity contribution in [1.82, 2.24) is 5.32 Å². The molecule has 0 aliphatic carbocycles. The molecule has 0 aromatic carbocycles. The third kappa shape index (κ3) is 54.3. The number of amides is 1. The van der Waals surface area contributed by atoms with Crippen LogP contribution in [-0.4, -0.2) is 73.4 Å². The molecule has 0 saturated carbocycles. The number of unbranched alkanes of at least 4 members (excludes halogenated alkanes) is 38. The van der Waals surface area contributed by atoms with E-state index in [9.17, 15) is 19.4 Å². The number of aliphatic hydroxyl groups is 1. The van der Waals surface area contributed by atoms with Crippen molar-refractivity contribution < 1.29 is 32.9 Å². The Labute approximate surface area is 429 Å². The average molecular weight is 995 g/mol. The lowest BCUT2D eigenvalue weighted by atomic mass is 10.0. The lowest BCUT2D eigenvalue weighted by Crippen LogP contribution is -2.45. The van der Waals surface area contributed by atoms with Gasteiger partial charge in [0, 0.05) is 6.42 Å². The van der Waals surface area contributed by atoms with Crippen molar-refractivity contribution in [3.63, 3.8) is 0 Å². The fourth-order valence-corrected chi connectivity index (χ4v) is 9.61. The number of aliphatic hydroxyl groups excluding tert-OH is 1. The maximum atomic E-state index is 12.9. The monoisotopic (exact) mass is 994 g/mol. The summed E-state index contributed by atoms with van der Waals surface area (Å²) in [7, 11) is 1.56. The van der Waals surface area contributed by atoms with Gasteiger partial charge in [0.15, 0.2) is 0 Å². The first-order chi connectivity index (χ1) is 33.5. The number of hydrogen-bond acceptors (Lipinski definition) is 5.